The van der Waals surface area contributed by atoms with Crippen molar-refractivity contribution >= 4 is 34.6 Å². The highest BCUT2D eigenvalue weighted by molar-refractivity contribution is 7.80. The van der Waals surface area contributed by atoms with Crippen LogP contribution in [-0.2, 0) is 0 Å². The van der Waals surface area contributed by atoms with E-state index in [-0.39, 0.29) is 6.04 Å². The maximum atomic E-state index is 6.45. The summed E-state index contributed by atoms with van der Waals surface area (Å²) in [5, 5.41) is 8.11. The Hall–Kier alpha value is -1.62. The van der Waals surface area contributed by atoms with Crippen LogP contribution in [0.25, 0.3) is 0 Å². The highest BCUT2D eigenvalue weighted by atomic mass is 35.5. The molecule has 0 unspecified atom stereocenters. The van der Waals surface area contributed by atoms with Gasteiger partial charge in [0.05, 0.1) is 19.6 Å². The molecule has 25 heavy (non-hydrogen) atoms. The number of benzene rings is 2. The normalized spacial score (nSPS) is 12.0. The second-order valence-electron chi connectivity index (χ2n) is 6.09. The average Bonchev–Trinajstić information content (AvgIpc) is 2.61. The Morgan fingerprint density at radius 3 is 2.36 bits per heavy atom. The summed E-state index contributed by atoms with van der Waals surface area (Å²) in [5.41, 5.74) is 3.36. The number of aryl methyl sites for hydroxylation is 1. The third kappa shape index (κ3) is 5.43. The number of likely N-dealkylation sites (N-methyl/N-ethyl adjacent to an activating group) is 1. The van der Waals surface area contributed by atoms with E-state index < -0.39 is 0 Å². The minimum Gasteiger partial charge on any atom is -0.356 e. The number of anilines is 1. The topological polar surface area (TPSA) is 28.5 Å². The van der Waals surface area contributed by atoms with E-state index in [0.29, 0.717) is 5.11 Å². The molecule has 0 aliphatic heterocycles. The lowest BCUT2D eigenvalue weighted by atomic mass is 10.0. The summed E-state index contributed by atoms with van der Waals surface area (Å²) >= 11 is 11.9. The van der Waals surface area contributed by atoms with Gasteiger partial charge in [0.2, 0.25) is 0 Å². The molecule has 0 saturated carbocycles. The lowest BCUT2D eigenvalue weighted by Crippen LogP contribution is -3.12. The fourth-order valence-electron chi connectivity index (χ4n) is 3.05. The van der Waals surface area contributed by atoms with Crippen LogP contribution in [0.3, 0.4) is 0 Å². The molecule has 0 aliphatic rings. The summed E-state index contributed by atoms with van der Waals surface area (Å²) in [4.78, 5) is 1.47. The summed E-state index contributed by atoms with van der Waals surface area (Å²) in [6, 6.07) is 16.5. The van der Waals surface area contributed by atoms with E-state index in [1.807, 2.05) is 36.4 Å². The second-order valence-corrected chi connectivity index (χ2v) is 6.90. The zero-order valence-electron chi connectivity index (χ0n) is 15.1. The van der Waals surface area contributed by atoms with Crippen molar-refractivity contribution < 1.29 is 4.90 Å². The monoisotopic (exact) mass is 376 g/mol. The first-order valence-corrected chi connectivity index (χ1v) is 9.54. The van der Waals surface area contributed by atoms with Crippen molar-refractivity contribution in [3.8, 4) is 0 Å². The highest BCUT2D eigenvalue weighted by Crippen LogP contribution is 2.20. The number of hydrogen-bond acceptors (Lipinski definition) is 1. The first-order valence-electron chi connectivity index (χ1n) is 8.76. The van der Waals surface area contributed by atoms with Gasteiger partial charge in [-0.2, -0.15) is 0 Å². The van der Waals surface area contributed by atoms with Crippen molar-refractivity contribution in [3.63, 3.8) is 0 Å². The number of thiocarbonyl (C=S) groups is 1. The summed E-state index contributed by atoms with van der Waals surface area (Å²) in [6.07, 6.45) is 0. The number of nitrogens with one attached hydrogen (secondary N) is 3. The zero-order valence-corrected chi connectivity index (χ0v) is 16.7. The Kier molecular flexibility index (Phi) is 7.69. The van der Waals surface area contributed by atoms with E-state index in [2.05, 4.69) is 43.5 Å². The Morgan fingerprint density at radius 1 is 1.08 bits per heavy atom. The molecule has 3 nitrogen and oxygen atoms in total. The van der Waals surface area contributed by atoms with Crippen LogP contribution in [0.5, 0.6) is 0 Å². The molecule has 134 valence electrons. The predicted molar refractivity (Wildman–Crippen MR) is 112 cm³/mol. The van der Waals surface area contributed by atoms with Gasteiger partial charge in [0.15, 0.2) is 5.11 Å². The maximum absolute atomic E-state index is 6.45. The molecule has 2 aromatic rings. The van der Waals surface area contributed by atoms with Crippen molar-refractivity contribution in [2.45, 2.75) is 26.8 Å². The van der Waals surface area contributed by atoms with Crippen LogP contribution in [0, 0.1) is 6.92 Å². The molecular weight excluding hydrogens is 350 g/mol. The molecule has 0 aliphatic carbocycles. The van der Waals surface area contributed by atoms with Gasteiger partial charge in [0.25, 0.3) is 0 Å². The molecule has 0 radical (unpaired) electrons. The number of para-hydroxylation sites is 1. The van der Waals surface area contributed by atoms with Crippen LogP contribution in [0.2, 0.25) is 5.02 Å². The van der Waals surface area contributed by atoms with E-state index in [1.165, 1.54) is 10.5 Å². The summed E-state index contributed by atoms with van der Waals surface area (Å²) < 4.78 is 0. The molecule has 0 aromatic heterocycles. The van der Waals surface area contributed by atoms with E-state index in [1.54, 1.807) is 0 Å². The molecular formula is C20H27ClN3S+. The first kappa shape index (κ1) is 19.7. The summed E-state index contributed by atoms with van der Waals surface area (Å²) in [7, 11) is 0. The van der Waals surface area contributed by atoms with Gasteiger partial charge >= 0.3 is 0 Å². The van der Waals surface area contributed by atoms with Crippen LogP contribution < -0.4 is 15.5 Å². The predicted octanol–water partition coefficient (Wildman–Crippen LogP) is 3.60. The Bertz CT molecular complexity index is 701. The zero-order chi connectivity index (χ0) is 18.2. The van der Waals surface area contributed by atoms with Crippen LogP contribution in [-0.4, -0.2) is 24.7 Å². The fourth-order valence-corrected chi connectivity index (χ4v) is 3.51. The quantitative estimate of drug-likeness (QED) is 0.645. The van der Waals surface area contributed by atoms with Crippen molar-refractivity contribution in [2.24, 2.45) is 0 Å². The third-order valence-corrected chi connectivity index (χ3v) is 5.13. The van der Waals surface area contributed by atoms with Gasteiger partial charge in [0, 0.05) is 16.3 Å². The van der Waals surface area contributed by atoms with E-state index in [9.17, 15) is 0 Å². The molecule has 5 heteroatoms. The fraction of sp³-hybridized carbons (Fsp3) is 0.350. The van der Waals surface area contributed by atoms with Gasteiger partial charge in [-0.15, -0.1) is 0 Å². The molecule has 0 saturated heterocycles. The third-order valence-electron chi connectivity index (χ3n) is 4.54. The molecule has 1 atom stereocenters. The van der Waals surface area contributed by atoms with E-state index in [0.717, 1.165) is 35.9 Å². The molecule has 0 heterocycles. The van der Waals surface area contributed by atoms with Crippen molar-refractivity contribution in [3.05, 3.63) is 64.7 Å². The number of hydrogen-bond donors (Lipinski definition) is 3. The lowest BCUT2D eigenvalue weighted by molar-refractivity contribution is -0.927. The number of quaternary nitrogens is 1. The van der Waals surface area contributed by atoms with Crippen molar-refractivity contribution in [1.29, 1.82) is 0 Å². The lowest BCUT2D eigenvalue weighted by Gasteiger charge is -2.28. The molecule has 3 N–H and O–H groups in total. The van der Waals surface area contributed by atoms with Crippen LogP contribution >= 0.6 is 23.8 Å². The van der Waals surface area contributed by atoms with Gasteiger partial charge in [-0.05, 0) is 50.7 Å². The maximum Gasteiger partial charge on any atom is 0.171 e. The SMILES string of the molecule is CC[NH+](CC)[C@@H](CNC(=S)Nc1ccccc1C)c1ccccc1Cl. The minimum absolute atomic E-state index is 0.250. The first-order chi connectivity index (χ1) is 12.1. The Morgan fingerprint density at radius 2 is 1.72 bits per heavy atom. The van der Waals surface area contributed by atoms with Gasteiger partial charge in [0.1, 0.15) is 6.04 Å². The summed E-state index contributed by atoms with van der Waals surface area (Å²) in [6.45, 7) is 9.27. The van der Waals surface area contributed by atoms with Crippen LogP contribution in [0.4, 0.5) is 5.69 Å². The van der Waals surface area contributed by atoms with Gasteiger partial charge in [-0.1, -0.05) is 48.0 Å². The number of rotatable bonds is 7. The van der Waals surface area contributed by atoms with Crippen molar-refractivity contribution in [1.82, 2.24) is 5.32 Å². The molecule has 2 rings (SSSR count). The molecule has 0 amide bonds. The Labute approximate surface area is 161 Å². The van der Waals surface area contributed by atoms with E-state index >= 15 is 0 Å². The van der Waals surface area contributed by atoms with E-state index in [4.69, 9.17) is 23.8 Å². The number of halogens is 1. The standard InChI is InChI=1S/C20H26ClN3S/c1-4-24(5-2)19(16-11-7-8-12-17(16)21)14-22-20(25)23-18-13-9-6-10-15(18)3/h6-13,19H,4-5,14H2,1-3H3,(H2,22,23,25)/p+1/t19-/m0/s1. The second kappa shape index (κ2) is 9.76. The molecule has 0 bridgehead atoms. The van der Waals surface area contributed by atoms with Crippen molar-refractivity contribution in [2.75, 3.05) is 25.0 Å². The minimum atomic E-state index is 0.250. The van der Waals surface area contributed by atoms with Gasteiger partial charge in [-0.25, -0.2) is 0 Å². The summed E-state index contributed by atoms with van der Waals surface area (Å²) in [5.74, 6) is 0. The molecule has 2 aromatic carbocycles. The van der Waals surface area contributed by atoms with Crippen LogP contribution in [0.1, 0.15) is 31.0 Å². The smallest absolute Gasteiger partial charge is 0.171 e. The molecule has 0 fully saturated rings. The average molecular weight is 377 g/mol. The molecule has 0 spiro atoms. The van der Waals surface area contributed by atoms with Gasteiger partial charge < -0.3 is 15.5 Å². The largest absolute Gasteiger partial charge is 0.356 e. The Balaban J connectivity index is 2.08. The van der Waals surface area contributed by atoms with Gasteiger partial charge in [-0.3, -0.25) is 0 Å². The highest BCUT2D eigenvalue weighted by Gasteiger charge is 2.24. The van der Waals surface area contributed by atoms with Crippen LogP contribution in [0.15, 0.2) is 48.5 Å².